The minimum absolute atomic E-state index is 0.0982. The van der Waals surface area contributed by atoms with Crippen molar-refractivity contribution in [2.45, 2.75) is 32.1 Å². The molecule has 0 radical (unpaired) electrons. The number of hydrogen-bond acceptors (Lipinski definition) is 4. The fraction of sp³-hybridized carbons (Fsp3) is 0.636. The van der Waals surface area contributed by atoms with Crippen LogP contribution >= 0.6 is 11.8 Å². The van der Waals surface area contributed by atoms with Crippen LogP contribution in [0, 0.1) is 0 Å². The third-order valence-corrected chi connectivity index (χ3v) is 3.01. The van der Waals surface area contributed by atoms with Gasteiger partial charge < -0.3 is 4.74 Å². The van der Waals surface area contributed by atoms with E-state index in [-0.39, 0.29) is 10.7 Å². The van der Waals surface area contributed by atoms with Crippen LogP contribution in [0.25, 0.3) is 0 Å². The smallest absolute Gasteiger partial charge is 0.315 e. The Hall–Kier alpha value is -0.970. The maximum absolute atomic E-state index is 11.3. The largest absolute Gasteiger partial charge is 0.463 e. The van der Waals surface area contributed by atoms with Crippen molar-refractivity contribution >= 4 is 17.7 Å². The molecule has 0 atom stereocenters. The van der Waals surface area contributed by atoms with Gasteiger partial charge in [-0.05, 0) is 6.07 Å². The van der Waals surface area contributed by atoms with Crippen LogP contribution in [0.2, 0.25) is 0 Å². The molecule has 0 unspecified atom stereocenters. The van der Waals surface area contributed by atoms with Gasteiger partial charge in [-0.15, -0.1) is 11.8 Å². The number of thioether (sulfide) groups is 1. The topological polar surface area (TPSA) is 44.1 Å². The molecule has 0 aliphatic carbocycles. The lowest BCUT2D eigenvalue weighted by Gasteiger charge is -2.16. The van der Waals surface area contributed by atoms with Gasteiger partial charge >= 0.3 is 5.97 Å². The Balaban J connectivity index is 2.11. The molecule has 0 fully saturated rings. The zero-order chi connectivity index (χ0) is 12.0. The lowest BCUT2D eigenvalue weighted by Crippen LogP contribution is -2.17. The fourth-order valence-corrected chi connectivity index (χ4v) is 1.64. The molecule has 90 valence electrons. The van der Waals surface area contributed by atoms with E-state index in [2.05, 4.69) is 25.9 Å². The molecule has 1 heterocycles. The summed E-state index contributed by atoms with van der Waals surface area (Å²) in [5.74, 6) is 0.245. The van der Waals surface area contributed by atoms with Gasteiger partial charge in [-0.2, -0.15) is 5.10 Å². The van der Waals surface area contributed by atoms with Crippen molar-refractivity contribution in [2.75, 3.05) is 12.4 Å². The summed E-state index contributed by atoms with van der Waals surface area (Å²) in [6.07, 6.45) is 3.55. The highest BCUT2D eigenvalue weighted by Crippen LogP contribution is 2.22. The van der Waals surface area contributed by atoms with Gasteiger partial charge in [-0.3, -0.25) is 9.48 Å². The molecule has 0 spiro atoms. The average Bonchev–Trinajstić information content (AvgIpc) is 2.66. The molecule has 0 bridgehead atoms. The molecule has 0 saturated heterocycles. The summed E-state index contributed by atoms with van der Waals surface area (Å²) in [4.78, 5) is 11.3. The molecule has 0 aliphatic heterocycles. The molecular formula is C11H18N2O2S. The molecule has 16 heavy (non-hydrogen) atoms. The molecule has 1 aromatic rings. The summed E-state index contributed by atoms with van der Waals surface area (Å²) in [5.41, 5.74) is 0. The first-order chi connectivity index (χ1) is 7.47. The number of aromatic nitrogens is 2. The molecule has 0 N–H and O–H groups in total. The van der Waals surface area contributed by atoms with E-state index in [0.717, 1.165) is 0 Å². The highest BCUT2D eigenvalue weighted by molar-refractivity contribution is 8.01. The predicted octanol–water partition coefficient (Wildman–Crippen LogP) is 1.96. The van der Waals surface area contributed by atoms with Crippen molar-refractivity contribution in [3.8, 4) is 0 Å². The van der Waals surface area contributed by atoms with Gasteiger partial charge in [0.25, 0.3) is 0 Å². The standard InChI is InChI=1S/C11H18N2O2S/c1-11(2,3)16-9-10(14)15-8-7-13-6-4-5-12-13/h4-6H,7-9H2,1-3H3. The number of rotatable bonds is 5. The van der Waals surface area contributed by atoms with E-state index in [4.69, 9.17) is 4.74 Å². The molecule has 0 aliphatic rings. The van der Waals surface area contributed by atoms with Crippen LogP contribution in [0.4, 0.5) is 0 Å². The molecule has 1 aromatic heterocycles. The summed E-state index contributed by atoms with van der Waals surface area (Å²) < 4.78 is 6.93. The van der Waals surface area contributed by atoms with Crippen LogP contribution in [0.1, 0.15) is 20.8 Å². The Morgan fingerprint density at radius 3 is 2.81 bits per heavy atom. The number of carbonyl (C=O) groups excluding carboxylic acids is 1. The Labute approximate surface area is 100 Å². The predicted molar refractivity (Wildman–Crippen MR) is 65.4 cm³/mol. The zero-order valence-corrected chi connectivity index (χ0v) is 10.8. The maximum Gasteiger partial charge on any atom is 0.315 e. The molecule has 0 saturated carbocycles. The molecule has 4 nitrogen and oxygen atoms in total. The summed E-state index contributed by atoms with van der Waals surface area (Å²) in [6, 6.07) is 1.84. The van der Waals surface area contributed by atoms with Crippen LogP contribution in [-0.2, 0) is 16.1 Å². The third kappa shape index (κ3) is 5.80. The van der Waals surface area contributed by atoms with Gasteiger partial charge in [0.05, 0.1) is 12.3 Å². The van der Waals surface area contributed by atoms with E-state index in [1.807, 2.05) is 12.3 Å². The first-order valence-electron chi connectivity index (χ1n) is 5.24. The second-order valence-electron chi connectivity index (χ2n) is 4.39. The molecule has 5 heteroatoms. The summed E-state index contributed by atoms with van der Waals surface area (Å²) >= 11 is 1.59. The highest BCUT2D eigenvalue weighted by atomic mass is 32.2. The van der Waals surface area contributed by atoms with Gasteiger partial charge in [0.1, 0.15) is 6.61 Å². The number of esters is 1. The van der Waals surface area contributed by atoms with Crippen molar-refractivity contribution in [2.24, 2.45) is 0 Å². The SMILES string of the molecule is CC(C)(C)SCC(=O)OCCn1cccn1. The number of carbonyl (C=O) groups is 1. The molecule has 1 rings (SSSR count). The van der Waals surface area contributed by atoms with Crippen molar-refractivity contribution in [1.82, 2.24) is 9.78 Å². The van der Waals surface area contributed by atoms with E-state index in [1.54, 1.807) is 22.6 Å². The summed E-state index contributed by atoms with van der Waals surface area (Å²) in [5, 5.41) is 4.02. The molecule has 0 amide bonds. The van der Waals surface area contributed by atoms with E-state index in [0.29, 0.717) is 18.9 Å². The average molecular weight is 242 g/mol. The van der Waals surface area contributed by atoms with Crippen LogP contribution in [0.5, 0.6) is 0 Å². The lowest BCUT2D eigenvalue weighted by molar-refractivity contribution is -0.140. The van der Waals surface area contributed by atoms with Crippen molar-refractivity contribution in [1.29, 1.82) is 0 Å². The van der Waals surface area contributed by atoms with Gasteiger partial charge in [-0.25, -0.2) is 0 Å². The van der Waals surface area contributed by atoms with Crippen molar-refractivity contribution < 1.29 is 9.53 Å². The fourth-order valence-electron chi connectivity index (χ4n) is 1.00. The van der Waals surface area contributed by atoms with E-state index in [9.17, 15) is 4.79 Å². The van der Waals surface area contributed by atoms with Crippen LogP contribution in [0.3, 0.4) is 0 Å². The summed E-state index contributed by atoms with van der Waals surface area (Å²) in [6.45, 7) is 7.22. The third-order valence-electron chi connectivity index (χ3n) is 1.77. The normalized spacial score (nSPS) is 11.4. The monoisotopic (exact) mass is 242 g/mol. The summed E-state index contributed by atoms with van der Waals surface area (Å²) in [7, 11) is 0. The minimum atomic E-state index is -0.160. The van der Waals surface area contributed by atoms with Gasteiger partial charge in [0.15, 0.2) is 0 Å². The Morgan fingerprint density at radius 2 is 2.25 bits per heavy atom. The number of ether oxygens (including phenoxy) is 1. The first kappa shape index (κ1) is 13.1. The lowest BCUT2D eigenvalue weighted by atomic mass is 10.3. The first-order valence-corrected chi connectivity index (χ1v) is 6.23. The van der Waals surface area contributed by atoms with Crippen molar-refractivity contribution in [3.05, 3.63) is 18.5 Å². The van der Waals surface area contributed by atoms with Crippen LogP contribution < -0.4 is 0 Å². The van der Waals surface area contributed by atoms with Crippen molar-refractivity contribution in [3.63, 3.8) is 0 Å². The van der Waals surface area contributed by atoms with Gasteiger partial charge in [-0.1, -0.05) is 20.8 Å². The number of nitrogens with zero attached hydrogens (tertiary/aromatic N) is 2. The second kappa shape index (κ2) is 5.94. The Morgan fingerprint density at radius 1 is 1.50 bits per heavy atom. The van der Waals surface area contributed by atoms with Gasteiger partial charge in [0, 0.05) is 17.1 Å². The van der Waals surface area contributed by atoms with Crippen LogP contribution in [-0.4, -0.2) is 32.9 Å². The quantitative estimate of drug-likeness (QED) is 0.740. The Kier molecular flexibility index (Phi) is 4.86. The molecular weight excluding hydrogens is 224 g/mol. The molecule has 0 aromatic carbocycles. The zero-order valence-electron chi connectivity index (χ0n) is 9.97. The van der Waals surface area contributed by atoms with Gasteiger partial charge in [0.2, 0.25) is 0 Å². The minimum Gasteiger partial charge on any atom is -0.463 e. The van der Waals surface area contributed by atoms with E-state index in [1.165, 1.54) is 0 Å². The van der Waals surface area contributed by atoms with E-state index < -0.39 is 0 Å². The Bertz CT molecular complexity index is 317. The van der Waals surface area contributed by atoms with Crippen LogP contribution in [0.15, 0.2) is 18.5 Å². The van der Waals surface area contributed by atoms with E-state index >= 15 is 0 Å². The number of hydrogen-bond donors (Lipinski definition) is 0. The maximum atomic E-state index is 11.3. The second-order valence-corrected chi connectivity index (χ2v) is 6.19. The highest BCUT2D eigenvalue weighted by Gasteiger charge is 2.13.